The number of hydrogen-bond acceptors (Lipinski definition) is 3. The van der Waals surface area contributed by atoms with Gasteiger partial charge in [0.05, 0.1) is 5.69 Å². The molecule has 11 rings (SSSR count). The Hall–Kier alpha value is -6.78. The maximum Gasteiger partial charge on any atom is 0.252 e. The molecule has 0 N–H and O–H groups in total. The van der Waals surface area contributed by atoms with Crippen LogP contribution in [0.3, 0.4) is 0 Å². The quantitative estimate of drug-likeness (QED) is 0.159. The number of hydrogen-bond donors (Lipinski definition) is 0. The summed E-state index contributed by atoms with van der Waals surface area (Å²) in [7, 11) is 0. The molecule has 0 spiro atoms. The second-order valence-electron chi connectivity index (χ2n) is 27.6. The molecule has 2 aliphatic heterocycles. The highest BCUT2D eigenvalue weighted by molar-refractivity contribution is 7.00. The normalized spacial score (nSPS) is 14.8. The van der Waals surface area contributed by atoms with E-state index < -0.39 is 0 Å². The lowest BCUT2D eigenvalue weighted by atomic mass is 9.33. The molecule has 0 saturated heterocycles. The van der Waals surface area contributed by atoms with Crippen molar-refractivity contribution in [1.29, 1.82) is 0 Å². The van der Waals surface area contributed by atoms with E-state index in [1.54, 1.807) is 0 Å². The van der Waals surface area contributed by atoms with E-state index >= 15 is 0 Å². The molecule has 0 atom stereocenters. The molecular formula is C71H78BN3. The second-order valence-corrected chi connectivity index (χ2v) is 27.6. The van der Waals surface area contributed by atoms with Gasteiger partial charge in [-0.15, -0.1) is 0 Å². The van der Waals surface area contributed by atoms with Gasteiger partial charge in [0.2, 0.25) is 0 Å². The van der Waals surface area contributed by atoms with Gasteiger partial charge in [-0.1, -0.05) is 209 Å². The van der Waals surface area contributed by atoms with Crippen LogP contribution < -0.4 is 31.1 Å². The van der Waals surface area contributed by atoms with Crippen LogP contribution in [0.2, 0.25) is 0 Å². The highest BCUT2D eigenvalue weighted by Gasteiger charge is 2.46. The smallest absolute Gasteiger partial charge is 0.252 e. The number of anilines is 9. The van der Waals surface area contributed by atoms with Crippen molar-refractivity contribution >= 4 is 74.3 Å². The molecule has 0 fully saturated rings. The van der Waals surface area contributed by atoms with Crippen molar-refractivity contribution < 1.29 is 0 Å². The summed E-state index contributed by atoms with van der Waals surface area (Å²) < 4.78 is 0. The molecule has 0 amide bonds. The van der Waals surface area contributed by atoms with E-state index in [1.807, 2.05) is 0 Å². The topological polar surface area (TPSA) is 9.72 Å². The second kappa shape index (κ2) is 17.1. The Morgan fingerprint density at radius 1 is 0.360 bits per heavy atom. The molecule has 3 nitrogen and oxygen atoms in total. The SMILES string of the molecule is CC(C)(C)c1ccc(N(c2ccc(C(C)(C)C)cc2)c2cc(N3c4ccc(C(C)(C)C)cc4B4c5cc(C(C)(C)C)ccc5N(c5ccc(C(C)(C)C)cc5)c5cccc3c54)c3c(c2)C(C)(C)c2ccccc2-3)cc1. The summed E-state index contributed by atoms with van der Waals surface area (Å²) in [6.07, 6.45) is 0. The van der Waals surface area contributed by atoms with Crippen molar-refractivity contribution in [1.82, 2.24) is 0 Å². The first-order valence-corrected chi connectivity index (χ1v) is 27.5. The Bertz CT molecular complexity index is 3470. The Balaban J connectivity index is 1.24. The van der Waals surface area contributed by atoms with Gasteiger partial charge in [0, 0.05) is 56.5 Å². The molecule has 75 heavy (non-hydrogen) atoms. The number of fused-ring (bicyclic) bond motifs is 7. The van der Waals surface area contributed by atoms with Crippen molar-refractivity contribution in [3.8, 4) is 11.1 Å². The van der Waals surface area contributed by atoms with Gasteiger partial charge in [-0.3, -0.25) is 0 Å². The van der Waals surface area contributed by atoms with Crippen molar-refractivity contribution in [3.05, 3.63) is 203 Å². The van der Waals surface area contributed by atoms with Crippen LogP contribution in [0.15, 0.2) is 164 Å². The van der Waals surface area contributed by atoms with Crippen LogP contribution in [0.4, 0.5) is 51.2 Å². The average Bonchev–Trinajstić information content (AvgIpc) is 3.58. The third-order valence-corrected chi connectivity index (χ3v) is 16.8. The van der Waals surface area contributed by atoms with Crippen molar-refractivity contribution in [2.24, 2.45) is 0 Å². The maximum atomic E-state index is 2.67. The summed E-state index contributed by atoms with van der Waals surface area (Å²) in [5.41, 5.74) is 26.3. The largest absolute Gasteiger partial charge is 0.311 e. The fraction of sp³-hybridized carbons (Fsp3) is 0.324. The van der Waals surface area contributed by atoms with Crippen LogP contribution in [0.25, 0.3) is 11.1 Å². The molecular weight excluding hydrogens is 906 g/mol. The molecule has 0 bridgehead atoms. The Labute approximate surface area is 450 Å². The molecule has 8 aromatic carbocycles. The van der Waals surface area contributed by atoms with Gasteiger partial charge in [0.1, 0.15) is 0 Å². The lowest BCUT2D eigenvalue weighted by Crippen LogP contribution is -2.61. The predicted molar refractivity (Wildman–Crippen MR) is 326 cm³/mol. The van der Waals surface area contributed by atoms with E-state index in [9.17, 15) is 0 Å². The third kappa shape index (κ3) is 8.43. The summed E-state index contributed by atoms with van der Waals surface area (Å²) in [6, 6.07) is 64.1. The Morgan fingerprint density at radius 3 is 1.27 bits per heavy atom. The lowest BCUT2D eigenvalue weighted by molar-refractivity contribution is 0.590. The van der Waals surface area contributed by atoms with E-state index in [4.69, 9.17) is 0 Å². The van der Waals surface area contributed by atoms with Gasteiger partial charge in [0.15, 0.2) is 0 Å². The summed E-state index contributed by atoms with van der Waals surface area (Å²) in [5, 5.41) is 0. The zero-order valence-electron chi connectivity index (χ0n) is 48.0. The van der Waals surface area contributed by atoms with Crippen LogP contribution >= 0.6 is 0 Å². The van der Waals surface area contributed by atoms with Gasteiger partial charge >= 0.3 is 0 Å². The predicted octanol–water partition coefficient (Wildman–Crippen LogP) is 18.0. The zero-order valence-corrected chi connectivity index (χ0v) is 48.0. The van der Waals surface area contributed by atoms with E-state index in [0.717, 1.165) is 17.1 Å². The summed E-state index contributed by atoms with van der Waals surface area (Å²) in [6.45, 7) is 39.7. The summed E-state index contributed by atoms with van der Waals surface area (Å²) >= 11 is 0. The fourth-order valence-electron chi connectivity index (χ4n) is 12.3. The van der Waals surface area contributed by atoms with Gasteiger partial charge in [0.25, 0.3) is 6.71 Å². The average molecular weight is 984 g/mol. The molecule has 1 aliphatic carbocycles. The fourth-order valence-corrected chi connectivity index (χ4v) is 12.3. The van der Waals surface area contributed by atoms with Crippen molar-refractivity contribution in [3.63, 3.8) is 0 Å². The molecule has 3 aliphatic rings. The molecule has 8 aromatic rings. The van der Waals surface area contributed by atoms with Crippen LogP contribution in [0, 0.1) is 0 Å². The first-order chi connectivity index (χ1) is 35.1. The molecule has 0 aromatic heterocycles. The Kier molecular flexibility index (Phi) is 11.5. The highest BCUT2D eigenvalue weighted by atomic mass is 15.2. The van der Waals surface area contributed by atoms with Gasteiger partial charge < -0.3 is 14.7 Å². The van der Waals surface area contributed by atoms with Crippen LogP contribution in [-0.4, -0.2) is 6.71 Å². The maximum absolute atomic E-state index is 2.67. The van der Waals surface area contributed by atoms with Gasteiger partial charge in [-0.2, -0.15) is 0 Å². The first-order valence-electron chi connectivity index (χ1n) is 27.5. The number of nitrogens with zero attached hydrogens (tertiary/aromatic N) is 3. The van der Waals surface area contributed by atoms with Crippen molar-refractivity contribution in [2.45, 2.75) is 150 Å². The zero-order chi connectivity index (χ0) is 53.5. The summed E-state index contributed by atoms with van der Waals surface area (Å²) in [4.78, 5) is 7.73. The molecule has 0 saturated carbocycles. The van der Waals surface area contributed by atoms with Crippen LogP contribution in [0.1, 0.15) is 157 Å². The van der Waals surface area contributed by atoms with E-state index in [0.29, 0.717) is 0 Å². The molecule has 4 heteroatoms. The van der Waals surface area contributed by atoms with E-state index in [1.165, 1.54) is 101 Å². The third-order valence-electron chi connectivity index (χ3n) is 16.8. The first kappa shape index (κ1) is 50.4. The molecule has 0 unspecified atom stereocenters. The monoisotopic (exact) mass is 984 g/mol. The van der Waals surface area contributed by atoms with Crippen LogP contribution in [0.5, 0.6) is 0 Å². The minimum atomic E-state index is -0.278. The minimum absolute atomic E-state index is 0.00809. The standard InChI is InChI=1S/C71H78BN3/c1-66(2,3)45-25-33-50(34-26-45)73(51-35-27-46(28-36-51)67(4,5)6)53-43-56-64(54-21-18-19-22-55(54)71(56,16)17)63(44-53)75-60-40-32-49(70(13,14)15)42-58(60)72-57-41-48(69(10,11)12)31-39-59(57)74(61-23-20-24-62(75)65(61)72)52-37-29-47(30-38-52)68(7,8)9/h18-44H,1-17H3. The van der Waals surface area contributed by atoms with E-state index in [-0.39, 0.29) is 39.2 Å². The molecule has 380 valence electrons. The lowest BCUT2D eigenvalue weighted by Gasteiger charge is -2.45. The number of rotatable bonds is 5. The van der Waals surface area contributed by atoms with Crippen LogP contribution in [-0.2, 0) is 32.5 Å². The molecule has 2 heterocycles. The molecule has 0 radical (unpaired) electrons. The Morgan fingerprint density at radius 2 is 0.787 bits per heavy atom. The summed E-state index contributed by atoms with van der Waals surface area (Å²) in [5.74, 6) is 0. The minimum Gasteiger partial charge on any atom is -0.311 e. The number of benzene rings is 8. The van der Waals surface area contributed by atoms with Gasteiger partial charge in [-0.25, -0.2) is 0 Å². The van der Waals surface area contributed by atoms with Crippen molar-refractivity contribution in [2.75, 3.05) is 14.7 Å². The highest BCUT2D eigenvalue weighted by Crippen LogP contribution is 2.57. The van der Waals surface area contributed by atoms with E-state index in [2.05, 4.69) is 296 Å². The van der Waals surface area contributed by atoms with Gasteiger partial charge in [-0.05, 0) is 161 Å².